The lowest BCUT2D eigenvalue weighted by Crippen LogP contribution is -2.20. The van der Waals surface area contributed by atoms with E-state index in [4.69, 9.17) is 4.42 Å². The molecule has 37 heavy (non-hydrogen) atoms. The molecule has 2 aromatic carbocycles. The Balaban J connectivity index is 1.53. The van der Waals surface area contributed by atoms with E-state index in [1.165, 1.54) is 0 Å². The zero-order valence-electron chi connectivity index (χ0n) is 21.1. The van der Waals surface area contributed by atoms with Crippen molar-refractivity contribution in [2.45, 2.75) is 32.9 Å². The highest BCUT2D eigenvalue weighted by Crippen LogP contribution is 2.32. The van der Waals surface area contributed by atoms with E-state index < -0.39 is 0 Å². The van der Waals surface area contributed by atoms with Crippen LogP contribution >= 0.6 is 0 Å². The molecule has 0 bridgehead atoms. The SMILES string of the molecule is Cc1nnc(-c2cnc(Nc3ccc4c(=O)n(C)n(C(C)C)c4c3)cc2N[C@H](CO)c2ccccc2)o1. The van der Waals surface area contributed by atoms with Gasteiger partial charge in [-0.1, -0.05) is 30.3 Å². The molecule has 0 aliphatic rings. The number of nitrogens with one attached hydrogen (secondary N) is 2. The van der Waals surface area contributed by atoms with E-state index in [0.29, 0.717) is 34.2 Å². The van der Waals surface area contributed by atoms with Crippen LogP contribution in [0.15, 0.2) is 70.0 Å². The summed E-state index contributed by atoms with van der Waals surface area (Å²) >= 11 is 0. The Kier molecular flexibility index (Phi) is 6.49. The molecule has 5 rings (SSSR count). The van der Waals surface area contributed by atoms with E-state index in [0.717, 1.165) is 16.8 Å². The molecular weight excluding hydrogens is 470 g/mol. The average Bonchev–Trinajstić information content (AvgIpc) is 3.43. The summed E-state index contributed by atoms with van der Waals surface area (Å²) in [5.41, 5.74) is 3.82. The predicted molar refractivity (Wildman–Crippen MR) is 143 cm³/mol. The number of aliphatic hydroxyl groups is 1. The second-order valence-electron chi connectivity index (χ2n) is 9.16. The molecule has 0 radical (unpaired) electrons. The Bertz CT molecular complexity index is 1600. The fraction of sp³-hybridized carbons (Fsp3) is 0.259. The fourth-order valence-corrected chi connectivity index (χ4v) is 4.51. The van der Waals surface area contributed by atoms with Crippen molar-refractivity contribution >= 4 is 28.1 Å². The van der Waals surface area contributed by atoms with Crippen LogP contribution in [0, 0.1) is 6.92 Å². The number of rotatable bonds is 8. The number of benzene rings is 2. The molecule has 0 saturated carbocycles. The van der Waals surface area contributed by atoms with Gasteiger partial charge >= 0.3 is 0 Å². The van der Waals surface area contributed by atoms with Crippen molar-refractivity contribution in [3.63, 3.8) is 0 Å². The lowest BCUT2D eigenvalue weighted by atomic mass is 10.1. The molecule has 0 amide bonds. The van der Waals surface area contributed by atoms with Crippen molar-refractivity contribution in [2.24, 2.45) is 7.05 Å². The van der Waals surface area contributed by atoms with Gasteiger partial charge < -0.3 is 20.2 Å². The average molecular weight is 500 g/mol. The van der Waals surface area contributed by atoms with E-state index in [9.17, 15) is 9.90 Å². The Labute approximate surface area is 213 Å². The van der Waals surface area contributed by atoms with Crippen LogP contribution in [0.4, 0.5) is 17.2 Å². The molecule has 190 valence electrons. The van der Waals surface area contributed by atoms with Crippen molar-refractivity contribution in [3.8, 4) is 11.5 Å². The van der Waals surface area contributed by atoms with Gasteiger partial charge in [0, 0.05) is 38.0 Å². The van der Waals surface area contributed by atoms with Crippen LogP contribution in [0.3, 0.4) is 0 Å². The quantitative estimate of drug-likeness (QED) is 0.284. The van der Waals surface area contributed by atoms with Crippen LogP contribution in [0.5, 0.6) is 0 Å². The van der Waals surface area contributed by atoms with Gasteiger partial charge in [-0.15, -0.1) is 10.2 Å². The van der Waals surface area contributed by atoms with Crippen LogP contribution in [-0.4, -0.2) is 36.3 Å². The normalized spacial score (nSPS) is 12.3. The highest BCUT2D eigenvalue weighted by molar-refractivity contribution is 5.84. The smallest absolute Gasteiger partial charge is 0.274 e. The number of pyridine rings is 1. The maximum absolute atomic E-state index is 12.7. The zero-order valence-corrected chi connectivity index (χ0v) is 21.1. The van der Waals surface area contributed by atoms with Gasteiger partial charge in [-0.3, -0.25) is 14.2 Å². The Morgan fingerprint density at radius 2 is 1.86 bits per heavy atom. The molecule has 0 saturated heterocycles. The first-order valence-electron chi connectivity index (χ1n) is 12.1. The van der Waals surface area contributed by atoms with Gasteiger partial charge in [0.1, 0.15) is 5.82 Å². The largest absolute Gasteiger partial charge is 0.421 e. The summed E-state index contributed by atoms with van der Waals surface area (Å²) in [5.74, 6) is 1.34. The summed E-state index contributed by atoms with van der Waals surface area (Å²) in [6, 6.07) is 16.9. The van der Waals surface area contributed by atoms with Crippen LogP contribution in [0.2, 0.25) is 0 Å². The number of anilines is 3. The predicted octanol–water partition coefficient (Wildman–Crippen LogP) is 4.56. The Morgan fingerprint density at radius 3 is 2.54 bits per heavy atom. The summed E-state index contributed by atoms with van der Waals surface area (Å²) in [4.78, 5) is 17.2. The molecule has 10 nitrogen and oxygen atoms in total. The third-order valence-corrected chi connectivity index (χ3v) is 6.23. The third-order valence-electron chi connectivity index (χ3n) is 6.23. The molecule has 1 atom stereocenters. The number of fused-ring (bicyclic) bond motifs is 1. The van der Waals surface area contributed by atoms with Crippen LogP contribution in [0.1, 0.15) is 37.4 Å². The van der Waals surface area contributed by atoms with Crippen LogP contribution in [-0.2, 0) is 7.05 Å². The summed E-state index contributed by atoms with van der Waals surface area (Å²) in [7, 11) is 1.78. The summed E-state index contributed by atoms with van der Waals surface area (Å²) < 4.78 is 9.27. The van der Waals surface area contributed by atoms with Gasteiger partial charge in [-0.05, 0) is 37.6 Å². The molecule has 5 aromatic rings. The van der Waals surface area contributed by atoms with Gasteiger partial charge in [-0.25, -0.2) is 4.98 Å². The van der Waals surface area contributed by atoms with Crippen molar-refractivity contribution < 1.29 is 9.52 Å². The van der Waals surface area contributed by atoms with E-state index in [1.807, 2.05) is 73.1 Å². The minimum Gasteiger partial charge on any atom is -0.421 e. The monoisotopic (exact) mass is 499 g/mol. The standard InChI is InChI=1S/C27H29N7O3/c1-16(2)34-24-12-19(10-11-20(24)27(36)33(34)4)29-25-13-22(21(14-28-25)26-32-31-17(3)37-26)30-23(15-35)18-8-6-5-7-9-18/h5-14,16,23,35H,15H2,1-4H3,(H2,28,29,30)/t23-/m1/s1. The lowest BCUT2D eigenvalue weighted by molar-refractivity contribution is 0.276. The van der Waals surface area contributed by atoms with Crippen molar-refractivity contribution in [2.75, 3.05) is 17.2 Å². The molecular formula is C27H29N7O3. The van der Waals surface area contributed by atoms with Gasteiger partial charge in [0.15, 0.2) is 0 Å². The first-order chi connectivity index (χ1) is 17.9. The first-order valence-corrected chi connectivity index (χ1v) is 12.1. The number of hydrogen-bond acceptors (Lipinski definition) is 8. The fourth-order valence-electron chi connectivity index (χ4n) is 4.51. The summed E-state index contributed by atoms with van der Waals surface area (Å²) in [5, 5.41) is 25.6. The molecule has 0 unspecified atom stereocenters. The Hall–Kier alpha value is -4.44. The molecule has 10 heteroatoms. The zero-order chi connectivity index (χ0) is 26.1. The van der Waals surface area contributed by atoms with Gasteiger partial charge in [-0.2, -0.15) is 0 Å². The van der Waals surface area contributed by atoms with Crippen molar-refractivity contribution in [3.05, 3.63) is 82.6 Å². The van der Waals surface area contributed by atoms with E-state index in [2.05, 4.69) is 25.8 Å². The Morgan fingerprint density at radius 1 is 1.08 bits per heavy atom. The molecule has 0 spiro atoms. The highest BCUT2D eigenvalue weighted by atomic mass is 16.4. The van der Waals surface area contributed by atoms with Crippen molar-refractivity contribution in [1.82, 2.24) is 24.5 Å². The van der Waals surface area contributed by atoms with Gasteiger partial charge in [0.2, 0.25) is 5.89 Å². The number of aliphatic hydroxyl groups excluding tert-OH is 1. The first kappa shape index (κ1) is 24.3. The second-order valence-corrected chi connectivity index (χ2v) is 9.16. The summed E-state index contributed by atoms with van der Waals surface area (Å²) in [6.07, 6.45) is 1.65. The molecule has 3 heterocycles. The minimum absolute atomic E-state index is 0.0324. The molecule has 0 fully saturated rings. The number of nitrogens with zero attached hydrogens (tertiary/aromatic N) is 5. The van der Waals surface area contributed by atoms with Gasteiger partial charge in [0.25, 0.3) is 11.4 Å². The molecule has 0 aliphatic heterocycles. The summed E-state index contributed by atoms with van der Waals surface area (Å²) in [6.45, 7) is 5.69. The minimum atomic E-state index is -0.361. The number of aryl methyl sites for hydroxylation is 1. The lowest BCUT2D eigenvalue weighted by Gasteiger charge is -2.20. The molecule has 3 aromatic heterocycles. The van der Waals surface area contributed by atoms with E-state index >= 15 is 0 Å². The highest BCUT2D eigenvalue weighted by Gasteiger charge is 2.18. The second kappa shape index (κ2) is 9.90. The van der Waals surface area contributed by atoms with Crippen LogP contribution < -0.4 is 16.2 Å². The molecule has 3 N–H and O–H groups in total. The molecule has 0 aliphatic carbocycles. The van der Waals surface area contributed by atoms with Gasteiger partial charge in [0.05, 0.1) is 34.8 Å². The van der Waals surface area contributed by atoms with E-state index in [1.54, 1.807) is 24.9 Å². The van der Waals surface area contributed by atoms with E-state index in [-0.39, 0.29) is 24.2 Å². The maximum Gasteiger partial charge on any atom is 0.274 e. The number of aromatic nitrogens is 5. The number of hydrogen-bond donors (Lipinski definition) is 3. The topological polar surface area (TPSA) is 123 Å². The van der Waals surface area contributed by atoms with Crippen molar-refractivity contribution in [1.29, 1.82) is 0 Å². The third kappa shape index (κ3) is 4.70. The van der Waals surface area contributed by atoms with Crippen LogP contribution in [0.25, 0.3) is 22.4 Å². The maximum atomic E-state index is 12.7.